The molecule has 0 bridgehead atoms. The second-order valence-corrected chi connectivity index (χ2v) is 6.78. The lowest BCUT2D eigenvalue weighted by molar-refractivity contribution is -0.117. The Morgan fingerprint density at radius 1 is 1.07 bits per heavy atom. The van der Waals surface area contributed by atoms with Gasteiger partial charge in [0, 0.05) is 35.5 Å². The largest absolute Gasteiger partial charge is 0.332 e. The SMILES string of the molecule is C#Cc1cccc(NC(=O)CN(C)C(=O)c2cccc(NC(=O)C3CC3)c2)c1. The van der Waals surface area contributed by atoms with Crippen LogP contribution < -0.4 is 10.6 Å². The summed E-state index contributed by atoms with van der Waals surface area (Å²) in [7, 11) is 1.55. The minimum atomic E-state index is -0.330. The van der Waals surface area contributed by atoms with E-state index in [9.17, 15) is 14.4 Å². The van der Waals surface area contributed by atoms with Gasteiger partial charge in [0.25, 0.3) is 5.91 Å². The van der Waals surface area contributed by atoms with Gasteiger partial charge in [0.1, 0.15) is 0 Å². The monoisotopic (exact) mass is 375 g/mol. The molecule has 28 heavy (non-hydrogen) atoms. The number of carbonyl (C=O) groups excluding carboxylic acids is 3. The second kappa shape index (κ2) is 8.40. The number of terminal acetylenes is 1. The molecule has 3 rings (SSSR count). The van der Waals surface area contributed by atoms with Crippen molar-refractivity contribution in [1.29, 1.82) is 0 Å². The highest BCUT2D eigenvalue weighted by molar-refractivity contribution is 6.01. The third-order valence-electron chi connectivity index (χ3n) is 4.37. The van der Waals surface area contributed by atoms with Crippen molar-refractivity contribution in [2.24, 2.45) is 5.92 Å². The zero-order valence-electron chi connectivity index (χ0n) is 15.6. The molecule has 2 aromatic rings. The molecule has 0 spiro atoms. The van der Waals surface area contributed by atoms with Gasteiger partial charge in [-0.3, -0.25) is 14.4 Å². The minimum absolute atomic E-state index is 0.0217. The Kier molecular flexibility index (Phi) is 5.75. The van der Waals surface area contributed by atoms with E-state index in [1.807, 2.05) is 0 Å². The molecule has 0 unspecified atom stereocenters. The summed E-state index contributed by atoms with van der Waals surface area (Å²) in [5, 5.41) is 5.54. The van der Waals surface area contributed by atoms with E-state index in [0.717, 1.165) is 12.8 Å². The van der Waals surface area contributed by atoms with E-state index in [1.165, 1.54) is 4.90 Å². The van der Waals surface area contributed by atoms with E-state index in [2.05, 4.69) is 16.6 Å². The summed E-state index contributed by atoms with van der Waals surface area (Å²) in [6.45, 7) is -0.113. The molecule has 0 aliphatic heterocycles. The molecule has 0 atom stereocenters. The molecule has 6 nitrogen and oxygen atoms in total. The first-order chi connectivity index (χ1) is 13.5. The van der Waals surface area contributed by atoms with E-state index < -0.39 is 0 Å². The first-order valence-corrected chi connectivity index (χ1v) is 8.99. The maximum Gasteiger partial charge on any atom is 0.254 e. The lowest BCUT2D eigenvalue weighted by Crippen LogP contribution is -2.35. The molecular formula is C22H21N3O3. The van der Waals surface area contributed by atoms with Gasteiger partial charge >= 0.3 is 0 Å². The fraction of sp³-hybridized carbons (Fsp3) is 0.227. The predicted molar refractivity (Wildman–Crippen MR) is 108 cm³/mol. The van der Waals surface area contributed by atoms with Crippen molar-refractivity contribution in [1.82, 2.24) is 4.90 Å². The van der Waals surface area contributed by atoms with Crippen LogP contribution in [0.25, 0.3) is 0 Å². The van der Waals surface area contributed by atoms with Gasteiger partial charge in [-0.15, -0.1) is 6.42 Å². The van der Waals surface area contributed by atoms with Crippen LogP contribution in [0.3, 0.4) is 0 Å². The fourth-order valence-corrected chi connectivity index (χ4v) is 2.71. The molecule has 0 aromatic heterocycles. The molecule has 6 heteroatoms. The Bertz CT molecular complexity index is 957. The zero-order valence-corrected chi connectivity index (χ0v) is 15.6. The highest BCUT2D eigenvalue weighted by Gasteiger charge is 2.29. The number of nitrogens with one attached hydrogen (secondary N) is 2. The number of rotatable bonds is 6. The molecule has 0 saturated heterocycles. The molecule has 142 valence electrons. The van der Waals surface area contributed by atoms with Gasteiger partial charge in [-0.05, 0) is 49.2 Å². The first kappa shape index (κ1) is 19.2. The Balaban J connectivity index is 1.59. The zero-order chi connectivity index (χ0) is 20.1. The van der Waals surface area contributed by atoms with Crippen LogP contribution >= 0.6 is 0 Å². The standard InChI is InChI=1S/C22H21N3O3/c1-3-15-6-4-8-18(12-15)23-20(26)14-25(2)22(28)17-7-5-9-19(13-17)24-21(27)16-10-11-16/h1,4-9,12-13,16H,10-11,14H2,2H3,(H,23,26)(H,24,27). The highest BCUT2D eigenvalue weighted by atomic mass is 16.2. The molecule has 3 amide bonds. The van der Waals surface area contributed by atoms with Crippen LogP contribution in [0.4, 0.5) is 11.4 Å². The number of hydrogen-bond acceptors (Lipinski definition) is 3. The van der Waals surface area contributed by atoms with Crippen LogP contribution in [-0.2, 0) is 9.59 Å². The van der Waals surface area contributed by atoms with E-state index in [1.54, 1.807) is 55.6 Å². The smallest absolute Gasteiger partial charge is 0.254 e. The van der Waals surface area contributed by atoms with Crippen LogP contribution in [0.1, 0.15) is 28.8 Å². The summed E-state index contributed by atoms with van der Waals surface area (Å²) in [5.74, 6) is 1.92. The third kappa shape index (κ3) is 4.98. The highest BCUT2D eigenvalue weighted by Crippen LogP contribution is 2.30. The number of carbonyl (C=O) groups is 3. The fourth-order valence-electron chi connectivity index (χ4n) is 2.71. The molecule has 1 fully saturated rings. The van der Waals surface area contributed by atoms with Crippen LogP contribution in [0.15, 0.2) is 48.5 Å². The van der Waals surface area contributed by atoms with Gasteiger partial charge in [-0.25, -0.2) is 0 Å². The van der Waals surface area contributed by atoms with Gasteiger partial charge in [-0.1, -0.05) is 18.1 Å². The molecule has 1 aliphatic carbocycles. The normalized spacial score (nSPS) is 12.6. The predicted octanol–water partition coefficient (Wildman–Crippen LogP) is 2.73. The third-order valence-corrected chi connectivity index (χ3v) is 4.37. The lowest BCUT2D eigenvalue weighted by Gasteiger charge is -2.17. The molecule has 0 radical (unpaired) electrons. The van der Waals surface area contributed by atoms with Crippen molar-refractivity contribution in [2.75, 3.05) is 24.2 Å². The number of nitrogens with zero attached hydrogens (tertiary/aromatic N) is 1. The molecule has 2 aromatic carbocycles. The Hall–Kier alpha value is -3.59. The van der Waals surface area contributed by atoms with Crippen LogP contribution in [0.5, 0.6) is 0 Å². The van der Waals surface area contributed by atoms with Crippen molar-refractivity contribution in [2.45, 2.75) is 12.8 Å². The molecule has 0 heterocycles. The molecule has 2 N–H and O–H groups in total. The Morgan fingerprint density at radius 2 is 1.75 bits per heavy atom. The van der Waals surface area contributed by atoms with Gasteiger partial charge in [-0.2, -0.15) is 0 Å². The number of anilines is 2. The van der Waals surface area contributed by atoms with E-state index in [-0.39, 0.29) is 30.2 Å². The van der Waals surface area contributed by atoms with Crippen molar-refractivity contribution in [3.05, 3.63) is 59.7 Å². The van der Waals surface area contributed by atoms with Gasteiger partial charge in [0.2, 0.25) is 11.8 Å². The summed E-state index contributed by atoms with van der Waals surface area (Å²) in [4.78, 5) is 38.1. The first-order valence-electron chi connectivity index (χ1n) is 8.99. The summed E-state index contributed by atoms with van der Waals surface area (Å²) in [5.41, 5.74) is 2.21. The van der Waals surface area contributed by atoms with Gasteiger partial charge in [0.05, 0.1) is 6.54 Å². The van der Waals surface area contributed by atoms with Crippen LogP contribution in [0.2, 0.25) is 0 Å². The Labute approximate surface area is 163 Å². The van der Waals surface area contributed by atoms with E-state index >= 15 is 0 Å². The van der Waals surface area contributed by atoms with Crippen LogP contribution in [0, 0.1) is 18.3 Å². The number of hydrogen-bond donors (Lipinski definition) is 2. The summed E-state index contributed by atoms with van der Waals surface area (Å²) in [6, 6.07) is 13.6. The maximum absolute atomic E-state index is 12.6. The number of likely N-dealkylation sites (N-methyl/N-ethyl adjacent to an activating group) is 1. The van der Waals surface area contributed by atoms with Crippen molar-refractivity contribution < 1.29 is 14.4 Å². The summed E-state index contributed by atoms with van der Waals surface area (Å²) < 4.78 is 0. The van der Waals surface area contributed by atoms with Crippen LogP contribution in [-0.4, -0.2) is 36.2 Å². The summed E-state index contributed by atoms with van der Waals surface area (Å²) >= 11 is 0. The van der Waals surface area contributed by atoms with Crippen molar-refractivity contribution in [3.8, 4) is 12.3 Å². The number of amides is 3. The average Bonchev–Trinajstić information content (AvgIpc) is 3.53. The summed E-state index contributed by atoms with van der Waals surface area (Å²) in [6.07, 6.45) is 7.17. The average molecular weight is 375 g/mol. The quantitative estimate of drug-likeness (QED) is 0.762. The molecule has 1 aliphatic rings. The minimum Gasteiger partial charge on any atom is -0.332 e. The maximum atomic E-state index is 12.6. The topological polar surface area (TPSA) is 78.5 Å². The van der Waals surface area contributed by atoms with Gasteiger partial charge in [0.15, 0.2) is 0 Å². The molecule has 1 saturated carbocycles. The van der Waals surface area contributed by atoms with E-state index in [4.69, 9.17) is 6.42 Å². The van der Waals surface area contributed by atoms with Crippen molar-refractivity contribution >= 4 is 29.1 Å². The molecular weight excluding hydrogens is 354 g/mol. The van der Waals surface area contributed by atoms with E-state index in [0.29, 0.717) is 22.5 Å². The van der Waals surface area contributed by atoms with Crippen molar-refractivity contribution in [3.63, 3.8) is 0 Å². The Morgan fingerprint density at radius 3 is 2.43 bits per heavy atom. The second-order valence-electron chi connectivity index (χ2n) is 6.78. The van der Waals surface area contributed by atoms with Gasteiger partial charge < -0.3 is 15.5 Å². The number of benzene rings is 2. The lowest BCUT2D eigenvalue weighted by atomic mass is 10.1.